The summed E-state index contributed by atoms with van der Waals surface area (Å²) in [6.45, 7) is 4.48. The highest BCUT2D eigenvalue weighted by molar-refractivity contribution is 5.91. The van der Waals surface area contributed by atoms with Gasteiger partial charge in [-0.2, -0.15) is 0 Å². The van der Waals surface area contributed by atoms with Crippen molar-refractivity contribution in [3.8, 4) is 16.9 Å². The predicted octanol–water partition coefficient (Wildman–Crippen LogP) is 8.60. The molecule has 1 aliphatic rings. The van der Waals surface area contributed by atoms with Crippen molar-refractivity contribution in [2.24, 2.45) is 5.92 Å². The van der Waals surface area contributed by atoms with E-state index in [0.29, 0.717) is 17.2 Å². The van der Waals surface area contributed by atoms with Crippen LogP contribution in [0.2, 0.25) is 0 Å². The maximum Gasteiger partial charge on any atom is 0.343 e. The summed E-state index contributed by atoms with van der Waals surface area (Å²) in [6, 6.07) is 24.5. The van der Waals surface area contributed by atoms with E-state index in [9.17, 15) is 4.79 Å². The quantitative estimate of drug-likeness (QED) is 0.259. The number of aryl methyl sites for hydroxylation is 1. The van der Waals surface area contributed by atoms with Crippen LogP contribution in [-0.4, -0.2) is 5.97 Å². The molecule has 1 saturated carbocycles. The van der Waals surface area contributed by atoms with Crippen molar-refractivity contribution in [2.75, 3.05) is 0 Å². The molecule has 1 aliphatic carbocycles. The van der Waals surface area contributed by atoms with Crippen LogP contribution in [0, 0.1) is 5.92 Å². The third-order valence-corrected chi connectivity index (χ3v) is 7.05. The molecule has 1 fully saturated rings. The lowest BCUT2D eigenvalue weighted by Gasteiger charge is -2.28. The minimum absolute atomic E-state index is 0.312. The second kappa shape index (κ2) is 11.3. The minimum atomic E-state index is -0.312. The van der Waals surface area contributed by atoms with Gasteiger partial charge in [-0.1, -0.05) is 81.6 Å². The molecule has 0 aromatic heterocycles. The van der Waals surface area contributed by atoms with Crippen molar-refractivity contribution in [1.29, 1.82) is 0 Å². The highest BCUT2D eigenvalue weighted by Crippen LogP contribution is 2.37. The summed E-state index contributed by atoms with van der Waals surface area (Å²) in [6.07, 6.45) is 10.2. The second-order valence-corrected chi connectivity index (χ2v) is 9.49. The number of carbonyl (C=O) groups is 1. The molecule has 0 saturated heterocycles. The van der Waals surface area contributed by atoms with Crippen LogP contribution in [0.3, 0.4) is 0 Å². The number of esters is 1. The lowest BCUT2D eigenvalue weighted by Crippen LogP contribution is -2.13. The van der Waals surface area contributed by atoms with Gasteiger partial charge in [0.1, 0.15) is 5.75 Å². The lowest BCUT2D eigenvalue weighted by molar-refractivity contribution is 0.0734. The van der Waals surface area contributed by atoms with Crippen LogP contribution in [0.4, 0.5) is 0 Å². The first kappa shape index (κ1) is 23.3. The maximum atomic E-state index is 12.6. The van der Waals surface area contributed by atoms with Gasteiger partial charge in [-0.15, -0.1) is 0 Å². The molecule has 0 atom stereocenters. The van der Waals surface area contributed by atoms with Crippen molar-refractivity contribution in [2.45, 2.75) is 71.1 Å². The Morgan fingerprint density at radius 1 is 0.758 bits per heavy atom. The highest BCUT2D eigenvalue weighted by Gasteiger charge is 2.22. The fourth-order valence-electron chi connectivity index (χ4n) is 5.12. The van der Waals surface area contributed by atoms with Crippen LogP contribution in [-0.2, 0) is 6.42 Å². The largest absolute Gasteiger partial charge is 0.423 e. The van der Waals surface area contributed by atoms with E-state index in [-0.39, 0.29) is 5.97 Å². The summed E-state index contributed by atoms with van der Waals surface area (Å²) in [5.74, 6) is 1.86. The molecule has 33 heavy (non-hydrogen) atoms. The number of hydrogen-bond donors (Lipinski definition) is 0. The van der Waals surface area contributed by atoms with Gasteiger partial charge in [-0.05, 0) is 90.5 Å². The second-order valence-electron chi connectivity index (χ2n) is 9.49. The molecular formula is C31H36O2. The van der Waals surface area contributed by atoms with E-state index in [0.717, 1.165) is 29.9 Å². The Kier molecular flexibility index (Phi) is 7.99. The third kappa shape index (κ3) is 6.13. The van der Waals surface area contributed by atoms with Gasteiger partial charge in [0.25, 0.3) is 0 Å². The van der Waals surface area contributed by atoms with Gasteiger partial charge in [0, 0.05) is 0 Å². The van der Waals surface area contributed by atoms with E-state index >= 15 is 0 Å². The summed E-state index contributed by atoms with van der Waals surface area (Å²) in [4.78, 5) is 12.6. The van der Waals surface area contributed by atoms with E-state index in [1.807, 2.05) is 36.4 Å². The summed E-state index contributed by atoms with van der Waals surface area (Å²) >= 11 is 0. The van der Waals surface area contributed by atoms with Crippen LogP contribution >= 0.6 is 0 Å². The van der Waals surface area contributed by atoms with E-state index < -0.39 is 0 Å². The maximum absolute atomic E-state index is 12.6. The molecule has 0 aliphatic heterocycles. The summed E-state index contributed by atoms with van der Waals surface area (Å²) in [5, 5.41) is 0. The zero-order chi connectivity index (χ0) is 23.0. The first-order valence-electron chi connectivity index (χ1n) is 12.7. The van der Waals surface area contributed by atoms with Crippen LogP contribution < -0.4 is 4.74 Å². The molecule has 3 aromatic rings. The van der Waals surface area contributed by atoms with Crippen molar-refractivity contribution < 1.29 is 9.53 Å². The summed E-state index contributed by atoms with van der Waals surface area (Å²) < 4.78 is 5.64. The zero-order valence-corrected chi connectivity index (χ0v) is 20.1. The molecule has 2 heteroatoms. The lowest BCUT2D eigenvalue weighted by atomic mass is 9.77. The van der Waals surface area contributed by atoms with Gasteiger partial charge in [0.2, 0.25) is 0 Å². The molecule has 3 aromatic carbocycles. The molecule has 0 radical (unpaired) electrons. The molecule has 0 amide bonds. The van der Waals surface area contributed by atoms with E-state index in [1.165, 1.54) is 49.7 Å². The zero-order valence-electron chi connectivity index (χ0n) is 20.1. The monoisotopic (exact) mass is 440 g/mol. The smallest absolute Gasteiger partial charge is 0.343 e. The average Bonchev–Trinajstić information content (AvgIpc) is 2.86. The number of ether oxygens (including phenoxy) is 1. The molecule has 0 N–H and O–H groups in total. The Morgan fingerprint density at radius 3 is 1.94 bits per heavy atom. The summed E-state index contributed by atoms with van der Waals surface area (Å²) in [5.41, 5.74) is 5.57. The van der Waals surface area contributed by atoms with E-state index in [4.69, 9.17) is 4.74 Å². The number of benzene rings is 3. The molecule has 2 nitrogen and oxygen atoms in total. The van der Waals surface area contributed by atoms with Crippen molar-refractivity contribution >= 4 is 5.97 Å². The van der Waals surface area contributed by atoms with Gasteiger partial charge in [0.15, 0.2) is 0 Å². The van der Waals surface area contributed by atoms with Gasteiger partial charge in [0.05, 0.1) is 5.56 Å². The van der Waals surface area contributed by atoms with Crippen LogP contribution in [0.25, 0.3) is 11.1 Å². The van der Waals surface area contributed by atoms with Gasteiger partial charge in [-0.25, -0.2) is 4.79 Å². The molecule has 0 unspecified atom stereocenters. The average molecular weight is 441 g/mol. The highest BCUT2D eigenvalue weighted by atomic mass is 16.5. The van der Waals surface area contributed by atoms with Gasteiger partial charge in [-0.3, -0.25) is 0 Å². The first-order valence-corrected chi connectivity index (χ1v) is 12.7. The fourth-order valence-corrected chi connectivity index (χ4v) is 5.12. The number of carbonyl (C=O) groups excluding carboxylic acids is 1. The Hall–Kier alpha value is -2.87. The molecule has 0 spiro atoms. The Bertz CT molecular complexity index is 1010. The predicted molar refractivity (Wildman–Crippen MR) is 137 cm³/mol. The fraction of sp³-hybridized carbons (Fsp3) is 0.387. The topological polar surface area (TPSA) is 26.3 Å². The van der Waals surface area contributed by atoms with E-state index in [1.54, 1.807) is 0 Å². The minimum Gasteiger partial charge on any atom is -0.423 e. The molecule has 0 heterocycles. The Labute approximate surface area is 199 Å². The van der Waals surface area contributed by atoms with Crippen molar-refractivity contribution in [3.63, 3.8) is 0 Å². The number of rotatable bonds is 8. The summed E-state index contributed by atoms with van der Waals surface area (Å²) in [7, 11) is 0. The van der Waals surface area contributed by atoms with Gasteiger partial charge < -0.3 is 4.74 Å². The Balaban J connectivity index is 1.33. The van der Waals surface area contributed by atoms with Crippen LogP contribution in [0.1, 0.15) is 86.2 Å². The van der Waals surface area contributed by atoms with Crippen LogP contribution in [0.15, 0.2) is 72.8 Å². The normalized spacial score (nSPS) is 18.1. The van der Waals surface area contributed by atoms with Crippen molar-refractivity contribution in [3.05, 3.63) is 89.5 Å². The molecular weight excluding hydrogens is 404 g/mol. The Morgan fingerprint density at radius 2 is 1.36 bits per heavy atom. The SMILES string of the molecule is CCCc1ccc(-c2ccc(C(=O)Oc3ccc(C4CCC(CCC)CC4)cc3)cc2)cc1. The molecule has 4 rings (SSSR count). The van der Waals surface area contributed by atoms with E-state index in [2.05, 4.69) is 50.2 Å². The van der Waals surface area contributed by atoms with Crippen molar-refractivity contribution in [1.82, 2.24) is 0 Å². The first-order chi connectivity index (χ1) is 16.2. The number of hydrogen-bond acceptors (Lipinski definition) is 2. The molecule has 172 valence electrons. The van der Waals surface area contributed by atoms with Crippen LogP contribution in [0.5, 0.6) is 5.75 Å². The van der Waals surface area contributed by atoms with Gasteiger partial charge >= 0.3 is 5.97 Å². The third-order valence-electron chi connectivity index (χ3n) is 7.05. The molecule has 0 bridgehead atoms. The standard InChI is InChI=1S/C31H36O2/c1-3-5-23-7-11-25(12-8-23)27-15-17-29(18-16-27)31(32)33-30-21-19-28(20-22-30)26-13-9-24(6-4-2)10-14-26/h7-8,11-12,15-22,24,26H,3-6,9-10,13-14H2,1-2H3.